The van der Waals surface area contributed by atoms with Gasteiger partial charge in [-0.25, -0.2) is 4.39 Å². The van der Waals surface area contributed by atoms with Crippen LogP contribution in [0.3, 0.4) is 0 Å². The number of halogens is 1. The molecule has 0 aliphatic heterocycles. The van der Waals surface area contributed by atoms with Crippen LogP contribution in [0.25, 0.3) is 10.9 Å². The Labute approximate surface area is 127 Å². The smallest absolute Gasteiger partial charge is 0.315 e. The van der Waals surface area contributed by atoms with Gasteiger partial charge in [0, 0.05) is 11.1 Å². The van der Waals surface area contributed by atoms with E-state index in [9.17, 15) is 19.6 Å². The summed E-state index contributed by atoms with van der Waals surface area (Å²) in [5.74, 6) is -1.32. The summed E-state index contributed by atoms with van der Waals surface area (Å²) in [6, 6.07) is 4.79. The molecule has 5 heteroatoms. The van der Waals surface area contributed by atoms with Crippen LogP contribution in [0.5, 0.6) is 0 Å². The number of unbranched alkanes of at least 4 members (excludes halogenated alkanes) is 1. The molecule has 1 unspecified atom stereocenters. The number of aromatic nitrogens is 1. The van der Waals surface area contributed by atoms with Gasteiger partial charge in [0.25, 0.3) is 0 Å². The van der Waals surface area contributed by atoms with Crippen LogP contribution < -0.4 is 0 Å². The highest BCUT2D eigenvalue weighted by molar-refractivity contribution is 5.94. The Hall–Kier alpha value is -2.35. The Morgan fingerprint density at radius 3 is 2.95 bits per heavy atom. The molecule has 0 bridgehead atoms. The van der Waals surface area contributed by atoms with Crippen molar-refractivity contribution in [3.05, 3.63) is 34.8 Å². The molecule has 1 aliphatic rings. The van der Waals surface area contributed by atoms with Crippen molar-refractivity contribution in [3.63, 3.8) is 0 Å². The molecular formula is C17H17FN2O2. The number of nitrogens with zero attached hydrogens (tertiary/aromatic N) is 1. The van der Waals surface area contributed by atoms with E-state index in [1.165, 1.54) is 12.1 Å². The first-order valence-electron chi connectivity index (χ1n) is 7.52. The summed E-state index contributed by atoms with van der Waals surface area (Å²) >= 11 is 0. The third-order valence-corrected chi connectivity index (χ3v) is 4.78. The minimum absolute atomic E-state index is 0.255. The van der Waals surface area contributed by atoms with Crippen LogP contribution in [-0.2, 0) is 16.6 Å². The number of carboxylic acids is 1. The zero-order valence-corrected chi connectivity index (χ0v) is 12.4. The van der Waals surface area contributed by atoms with E-state index >= 15 is 0 Å². The SMILES string of the molecule is CCCCC1(C(=O)O)CCc2c1[nH]c1c(F)ccc(C#N)c21. The number of H-pyrrole nitrogens is 1. The number of carbonyl (C=O) groups is 1. The molecule has 0 radical (unpaired) electrons. The Morgan fingerprint density at radius 1 is 1.55 bits per heavy atom. The van der Waals surface area contributed by atoms with E-state index in [1.807, 2.05) is 6.92 Å². The molecule has 1 aromatic heterocycles. The van der Waals surface area contributed by atoms with Gasteiger partial charge in [0.15, 0.2) is 0 Å². The molecule has 1 heterocycles. The number of hydrogen-bond donors (Lipinski definition) is 2. The first-order chi connectivity index (χ1) is 10.5. The number of aromatic amines is 1. The molecule has 1 aliphatic carbocycles. The van der Waals surface area contributed by atoms with Crippen LogP contribution in [0.2, 0.25) is 0 Å². The van der Waals surface area contributed by atoms with Gasteiger partial charge >= 0.3 is 5.97 Å². The second-order valence-electron chi connectivity index (χ2n) is 5.93. The van der Waals surface area contributed by atoms with E-state index in [0.717, 1.165) is 18.4 Å². The maximum absolute atomic E-state index is 14.1. The largest absolute Gasteiger partial charge is 0.481 e. The van der Waals surface area contributed by atoms with E-state index in [2.05, 4.69) is 11.1 Å². The van der Waals surface area contributed by atoms with Gasteiger partial charge in [-0.2, -0.15) is 5.26 Å². The Kier molecular flexibility index (Phi) is 3.40. The summed E-state index contributed by atoms with van der Waals surface area (Å²) in [5, 5.41) is 19.6. The molecule has 22 heavy (non-hydrogen) atoms. The van der Waals surface area contributed by atoms with Gasteiger partial charge in [-0.05, 0) is 37.0 Å². The number of benzene rings is 1. The van der Waals surface area contributed by atoms with Gasteiger partial charge in [0.2, 0.25) is 0 Å². The molecule has 4 nitrogen and oxygen atoms in total. The lowest BCUT2D eigenvalue weighted by Gasteiger charge is -2.24. The molecule has 2 aromatic rings. The van der Waals surface area contributed by atoms with E-state index < -0.39 is 17.2 Å². The average molecular weight is 300 g/mol. The first kappa shape index (κ1) is 14.6. The second-order valence-corrected chi connectivity index (χ2v) is 5.93. The number of fused-ring (bicyclic) bond motifs is 3. The topological polar surface area (TPSA) is 76.9 Å². The first-order valence-corrected chi connectivity index (χ1v) is 7.52. The molecular weight excluding hydrogens is 283 g/mol. The van der Waals surface area contributed by atoms with Crippen LogP contribution in [0.1, 0.15) is 49.4 Å². The zero-order valence-electron chi connectivity index (χ0n) is 12.4. The van der Waals surface area contributed by atoms with Crippen LogP contribution in [0, 0.1) is 17.1 Å². The number of aryl methyl sites for hydroxylation is 1. The Balaban J connectivity index is 2.27. The lowest BCUT2D eigenvalue weighted by atomic mass is 9.80. The number of carboxylic acid groups (broad SMARTS) is 1. The fourth-order valence-electron chi connectivity index (χ4n) is 3.60. The molecule has 1 aromatic carbocycles. The zero-order chi connectivity index (χ0) is 15.9. The number of hydrogen-bond acceptors (Lipinski definition) is 2. The van der Waals surface area contributed by atoms with Crippen LogP contribution in [-0.4, -0.2) is 16.1 Å². The van der Waals surface area contributed by atoms with Gasteiger partial charge in [-0.15, -0.1) is 0 Å². The number of nitriles is 1. The van der Waals surface area contributed by atoms with Gasteiger partial charge < -0.3 is 10.1 Å². The maximum atomic E-state index is 14.1. The highest BCUT2D eigenvalue weighted by Gasteiger charge is 2.47. The normalized spacial score (nSPS) is 20.0. The summed E-state index contributed by atoms with van der Waals surface area (Å²) in [6.07, 6.45) is 3.30. The number of rotatable bonds is 4. The molecule has 0 saturated heterocycles. The molecule has 0 spiro atoms. The highest BCUT2D eigenvalue weighted by Crippen LogP contribution is 2.46. The van der Waals surface area contributed by atoms with E-state index in [-0.39, 0.29) is 5.52 Å². The quantitative estimate of drug-likeness (QED) is 0.905. The van der Waals surface area contributed by atoms with Crippen molar-refractivity contribution in [2.75, 3.05) is 0 Å². The van der Waals surface area contributed by atoms with Crippen molar-refractivity contribution in [2.24, 2.45) is 0 Å². The fourth-order valence-corrected chi connectivity index (χ4v) is 3.60. The highest BCUT2D eigenvalue weighted by atomic mass is 19.1. The van der Waals surface area contributed by atoms with Gasteiger partial charge in [-0.1, -0.05) is 19.8 Å². The van der Waals surface area contributed by atoms with Gasteiger partial charge in [0.05, 0.1) is 17.1 Å². The Morgan fingerprint density at radius 2 is 2.32 bits per heavy atom. The summed E-state index contributed by atoms with van der Waals surface area (Å²) in [4.78, 5) is 14.9. The van der Waals surface area contributed by atoms with Crippen LogP contribution >= 0.6 is 0 Å². The maximum Gasteiger partial charge on any atom is 0.315 e. The molecule has 0 saturated carbocycles. The van der Waals surface area contributed by atoms with Crippen molar-refractivity contribution in [1.29, 1.82) is 5.26 Å². The summed E-state index contributed by atoms with van der Waals surface area (Å²) in [7, 11) is 0. The van der Waals surface area contributed by atoms with Crippen molar-refractivity contribution in [1.82, 2.24) is 4.98 Å². The summed E-state index contributed by atoms with van der Waals surface area (Å²) in [5.41, 5.74) is 1.05. The predicted octanol–water partition coefficient (Wildman–Crippen LogP) is 3.64. The minimum Gasteiger partial charge on any atom is -0.481 e. The summed E-state index contributed by atoms with van der Waals surface area (Å²) < 4.78 is 14.1. The van der Waals surface area contributed by atoms with E-state index in [1.54, 1.807) is 0 Å². The molecule has 114 valence electrons. The lowest BCUT2D eigenvalue weighted by molar-refractivity contribution is -0.144. The molecule has 1 atom stereocenters. The third kappa shape index (κ3) is 1.83. The predicted molar refractivity (Wildman–Crippen MR) is 80.1 cm³/mol. The third-order valence-electron chi connectivity index (χ3n) is 4.78. The standard InChI is InChI=1S/C17H17FN2O2/c1-2-3-7-17(16(21)22)8-6-11-13-10(9-19)4-5-12(18)14(13)20-15(11)17/h4-5,20H,2-3,6-8H2,1H3,(H,21,22). The number of aliphatic carboxylic acids is 1. The molecule has 3 rings (SSSR count). The summed E-state index contributed by atoms with van der Waals surface area (Å²) in [6.45, 7) is 2.02. The second kappa shape index (κ2) is 5.13. The van der Waals surface area contributed by atoms with Gasteiger partial charge in [0.1, 0.15) is 11.2 Å². The lowest BCUT2D eigenvalue weighted by Crippen LogP contribution is -2.34. The molecule has 0 fully saturated rings. The average Bonchev–Trinajstić information content (AvgIpc) is 3.05. The van der Waals surface area contributed by atoms with Gasteiger partial charge in [-0.3, -0.25) is 4.79 Å². The van der Waals surface area contributed by atoms with Crippen molar-refractivity contribution < 1.29 is 14.3 Å². The van der Waals surface area contributed by atoms with Crippen LogP contribution in [0.4, 0.5) is 4.39 Å². The number of nitrogens with one attached hydrogen (secondary N) is 1. The van der Waals surface area contributed by atoms with Crippen LogP contribution in [0.15, 0.2) is 12.1 Å². The van der Waals surface area contributed by atoms with Crippen molar-refractivity contribution in [3.8, 4) is 6.07 Å². The minimum atomic E-state index is -0.983. The van der Waals surface area contributed by atoms with Crippen molar-refractivity contribution in [2.45, 2.75) is 44.4 Å². The molecule has 0 amide bonds. The fraction of sp³-hybridized carbons (Fsp3) is 0.412. The van der Waals surface area contributed by atoms with Crippen molar-refractivity contribution >= 4 is 16.9 Å². The van der Waals surface area contributed by atoms with E-state index in [0.29, 0.717) is 35.9 Å². The molecule has 2 N–H and O–H groups in total. The Bertz CT molecular complexity index is 803. The monoisotopic (exact) mass is 300 g/mol. The van der Waals surface area contributed by atoms with E-state index in [4.69, 9.17) is 0 Å².